The van der Waals surface area contributed by atoms with Crippen LogP contribution in [0.1, 0.15) is 118 Å². The molecule has 0 N–H and O–H groups in total. The SMILES string of the molecule is CC(C)[C@@H]1C2=C(Oc3c1c(OCCCc1ccccc1)cc1c3[C@@H](C(C)C)C3=C(O1)C(C)(C)C(=O)C(C)(C)C3=O)C(C)(C)C(=O)C(C)(C)C2=O. The zero-order chi connectivity index (χ0) is 36.9. The molecule has 0 aromatic heterocycles. The van der Waals surface area contributed by atoms with Gasteiger partial charge in [-0.3, -0.25) is 19.2 Å². The summed E-state index contributed by atoms with van der Waals surface area (Å²) in [5, 5.41) is 0. The molecule has 266 valence electrons. The van der Waals surface area contributed by atoms with Crippen LogP contribution in [0, 0.1) is 33.5 Å². The molecule has 2 aliphatic heterocycles. The normalized spacial score (nSPS) is 24.4. The summed E-state index contributed by atoms with van der Waals surface area (Å²) in [5.74, 6) is 0.253. The topological polar surface area (TPSA) is 96.0 Å². The summed E-state index contributed by atoms with van der Waals surface area (Å²) < 4.78 is 20.4. The summed E-state index contributed by atoms with van der Waals surface area (Å²) in [6.07, 6.45) is 1.58. The zero-order valence-corrected chi connectivity index (χ0v) is 31.8. The molecular weight excluding hydrogens is 628 g/mol. The summed E-state index contributed by atoms with van der Waals surface area (Å²) >= 11 is 0. The van der Waals surface area contributed by atoms with Gasteiger partial charge in [0.2, 0.25) is 0 Å². The Bertz CT molecular complexity index is 1880. The molecule has 2 atom stereocenters. The number of ether oxygens (including phenoxy) is 3. The highest BCUT2D eigenvalue weighted by molar-refractivity contribution is 6.21. The van der Waals surface area contributed by atoms with Gasteiger partial charge in [-0.05, 0) is 85.6 Å². The quantitative estimate of drug-likeness (QED) is 0.213. The molecule has 0 unspecified atom stereocenters. The molecule has 2 heterocycles. The van der Waals surface area contributed by atoms with Crippen LogP contribution in [-0.4, -0.2) is 29.7 Å². The third kappa shape index (κ3) is 5.04. The lowest BCUT2D eigenvalue weighted by molar-refractivity contribution is -0.146. The maximum absolute atomic E-state index is 14.4. The number of Topliss-reactive ketones (excluding diaryl/α,β-unsaturated/α-hetero) is 4. The molecule has 4 aliphatic rings. The molecule has 0 amide bonds. The molecule has 7 heteroatoms. The fourth-order valence-electron chi connectivity index (χ4n) is 8.94. The molecule has 0 saturated carbocycles. The predicted octanol–water partition coefficient (Wildman–Crippen LogP) is 8.88. The van der Waals surface area contributed by atoms with Crippen LogP contribution in [0.5, 0.6) is 17.2 Å². The van der Waals surface area contributed by atoms with Crippen molar-refractivity contribution in [3.05, 3.63) is 75.8 Å². The molecule has 0 fully saturated rings. The summed E-state index contributed by atoms with van der Waals surface area (Å²) in [4.78, 5) is 56.6. The molecule has 0 bridgehead atoms. The van der Waals surface area contributed by atoms with Crippen molar-refractivity contribution in [3.63, 3.8) is 0 Å². The number of carbonyl (C=O) groups excluding carboxylic acids is 4. The van der Waals surface area contributed by atoms with Gasteiger partial charge in [-0.2, -0.15) is 0 Å². The highest BCUT2D eigenvalue weighted by atomic mass is 16.5. The van der Waals surface area contributed by atoms with E-state index in [9.17, 15) is 19.2 Å². The zero-order valence-electron chi connectivity index (χ0n) is 31.8. The van der Waals surface area contributed by atoms with E-state index >= 15 is 0 Å². The van der Waals surface area contributed by atoms with Gasteiger partial charge in [0.1, 0.15) is 28.8 Å². The van der Waals surface area contributed by atoms with Crippen LogP contribution in [0.3, 0.4) is 0 Å². The summed E-state index contributed by atoms with van der Waals surface area (Å²) in [5.41, 5.74) is -0.994. The number of carbonyl (C=O) groups is 4. The van der Waals surface area contributed by atoms with Crippen molar-refractivity contribution in [1.82, 2.24) is 0 Å². The third-order valence-corrected chi connectivity index (χ3v) is 11.5. The molecule has 2 aromatic rings. The molecule has 2 aromatic carbocycles. The lowest BCUT2D eigenvalue weighted by Gasteiger charge is -2.48. The fraction of sp³-hybridized carbons (Fsp3) is 0.535. The third-order valence-electron chi connectivity index (χ3n) is 11.5. The van der Waals surface area contributed by atoms with E-state index < -0.39 is 33.5 Å². The van der Waals surface area contributed by atoms with E-state index in [-0.39, 0.29) is 35.0 Å². The second kappa shape index (κ2) is 11.8. The molecular formula is C43H52O7. The van der Waals surface area contributed by atoms with Crippen molar-refractivity contribution in [1.29, 1.82) is 0 Å². The number of hydrogen-bond donors (Lipinski definition) is 0. The van der Waals surface area contributed by atoms with Crippen LogP contribution in [0.2, 0.25) is 0 Å². The minimum absolute atomic E-state index is 0.0697. The molecule has 7 nitrogen and oxygen atoms in total. The fourth-order valence-corrected chi connectivity index (χ4v) is 8.94. The summed E-state index contributed by atoms with van der Waals surface area (Å²) in [6.45, 7) is 22.8. The summed E-state index contributed by atoms with van der Waals surface area (Å²) in [7, 11) is 0. The van der Waals surface area contributed by atoms with Gasteiger partial charge in [0.05, 0.1) is 28.3 Å². The molecule has 50 heavy (non-hydrogen) atoms. The second-order valence-electron chi connectivity index (χ2n) is 17.4. The number of allylic oxidation sites excluding steroid dienone is 4. The lowest BCUT2D eigenvalue weighted by Crippen LogP contribution is -2.53. The van der Waals surface area contributed by atoms with Gasteiger partial charge in [0.25, 0.3) is 0 Å². The minimum Gasteiger partial charge on any atom is -0.493 e. The van der Waals surface area contributed by atoms with E-state index in [0.717, 1.165) is 18.4 Å². The number of benzene rings is 2. The first kappa shape index (κ1) is 35.8. The Labute approximate surface area is 296 Å². The van der Waals surface area contributed by atoms with Crippen LogP contribution in [-0.2, 0) is 25.6 Å². The molecule has 0 spiro atoms. The number of rotatable bonds is 7. The molecule has 2 aliphatic carbocycles. The van der Waals surface area contributed by atoms with Crippen molar-refractivity contribution in [2.75, 3.05) is 6.61 Å². The van der Waals surface area contributed by atoms with Gasteiger partial charge < -0.3 is 14.2 Å². The highest BCUT2D eigenvalue weighted by Gasteiger charge is 2.61. The Balaban J connectivity index is 1.60. The monoisotopic (exact) mass is 680 g/mol. The average Bonchev–Trinajstić information content (AvgIpc) is 3.05. The highest BCUT2D eigenvalue weighted by Crippen LogP contribution is 2.63. The van der Waals surface area contributed by atoms with E-state index in [0.29, 0.717) is 52.1 Å². The van der Waals surface area contributed by atoms with Gasteiger partial charge in [-0.25, -0.2) is 0 Å². The average molecular weight is 681 g/mol. The van der Waals surface area contributed by atoms with Gasteiger partial charge in [0, 0.05) is 40.2 Å². The number of ketones is 4. The molecule has 0 radical (unpaired) electrons. The second-order valence-corrected chi connectivity index (χ2v) is 17.4. The van der Waals surface area contributed by atoms with E-state index in [2.05, 4.69) is 39.8 Å². The largest absolute Gasteiger partial charge is 0.493 e. The van der Waals surface area contributed by atoms with Crippen LogP contribution >= 0.6 is 0 Å². The van der Waals surface area contributed by atoms with Gasteiger partial charge in [-0.15, -0.1) is 0 Å². The van der Waals surface area contributed by atoms with Gasteiger partial charge in [-0.1, -0.05) is 58.0 Å². The molecule has 0 saturated heterocycles. The Morgan fingerprint density at radius 2 is 1.14 bits per heavy atom. The van der Waals surface area contributed by atoms with Crippen molar-refractivity contribution in [3.8, 4) is 17.2 Å². The first-order valence-electron chi connectivity index (χ1n) is 18.1. The summed E-state index contributed by atoms with van der Waals surface area (Å²) in [6, 6.07) is 12.1. The predicted molar refractivity (Wildman–Crippen MR) is 192 cm³/mol. The Morgan fingerprint density at radius 3 is 1.64 bits per heavy atom. The van der Waals surface area contributed by atoms with Crippen molar-refractivity contribution in [2.24, 2.45) is 33.5 Å². The smallest absolute Gasteiger partial charge is 0.175 e. The lowest BCUT2D eigenvalue weighted by atomic mass is 9.58. The maximum atomic E-state index is 14.4. The van der Waals surface area contributed by atoms with Crippen LogP contribution in [0.25, 0.3) is 0 Å². The standard InChI is InChI=1S/C43H52O7/c1-22(2)27-29-25(48-20-16-19-24-17-14-13-15-18-24)21-26-30(33(29)50-37-32(27)35(45)41(7,8)39(47)43(37,11)12)28(23(3)4)31-34(44)40(5,6)38(46)42(9,10)36(31)49-26/h13-15,17-18,21-23,27-28H,16,19-20H2,1-12H3/t27-,28+/m0/s1. The first-order valence-corrected chi connectivity index (χ1v) is 18.1. The Hall–Kier alpha value is -4.00. The Kier molecular flexibility index (Phi) is 8.44. The molecule has 6 rings (SSSR count). The van der Waals surface area contributed by atoms with E-state index in [4.69, 9.17) is 14.2 Å². The Morgan fingerprint density at radius 1 is 0.660 bits per heavy atom. The van der Waals surface area contributed by atoms with Crippen LogP contribution < -0.4 is 14.2 Å². The van der Waals surface area contributed by atoms with E-state index in [1.807, 2.05) is 52.0 Å². The van der Waals surface area contributed by atoms with E-state index in [1.165, 1.54) is 5.56 Å². The van der Waals surface area contributed by atoms with Gasteiger partial charge >= 0.3 is 0 Å². The number of aryl methyl sites for hydroxylation is 1. The number of fused-ring (bicyclic) bond motifs is 3. The van der Waals surface area contributed by atoms with Crippen molar-refractivity contribution >= 4 is 23.1 Å². The van der Waals surface area contributed by atoms with Crippen LogP contribution in [0.15, 0.2) is 59.1 Å². The van der Waals surface area contributed by atoms with Gasteiger partial charge in [0.15, 0.2) is 23.1 Å². The number of hydrogen-bond acceptors (Lipinski definition) is 7. The minimum atomic E-state index is -1.25. The van der Waals surface area contributed by atoms with Crippen molar-refractivity contribution < 1.29 is 33.4 Å². The van der Waals surface area contributed by atoms with E-state index in [1.54, 1.807) is 27.7 Å². The maximum Gasteiger partial charge on any atom is 0.175 e. The van der Waals surface area contributed by atoms with Crippen LogP contribution in [0.4, 0.5) is 0 Å². The van der Waals surface area contributed by atoms with Crippen molar-refractivity contribution in [2.45, 2.75) is 108 Å². The first-order chi connectivity index (χ1) is 23.2.